The Labute approximate surface area is 182 Å². The quantitative estimate of drug-likeness (QED) is 0.745. The van der Waals surface area contributed by atoms with Gasteiger partial charge in [-0.05, 0) is 69.5 Å². The van der Waals surface area contributed by atoms with Gasteiger partial charge in [0.25, 0.3) is 5.91 Å². The second kappa shape index (κ2) is 9.20. The van der Waals surface area contributed by atoms with E-state index in [1.165, 1.54) is 17.7 Å². The number of ether oxygens (including phenoxy) is 2. The summed E-state index contributed by atoms with van der Waals surface area (Å²) in [4.78, 5) is 38.8. The lowest BCUT2D eigenvalue weighted by Gasteiger charge is -2.30. The number of fused-ring (bicyclic) bond motifs is 1. The van der Waals surface area contributed by atoms with E-state index in [2.05, 4.69) is 11.4 Å². The minimum atomic E-state index is -0.891. The van der Waals surface area contributed by atoms with Gasteiger partial charge in [-0.2, -0.15) is 0 Å². The number of carbonyl (C=O) groups excluding carboxylic acids is 3. The normalized spacial score (nSPS) is 14.3. The summed E-state index contributed by atoms with van der Waals surface area (Å²) in [5.41, 5.74) is 2.54. The van der Waals surface area contributed by atoms with E-state index in [0.717, 1.165) is 12.0 Å². The van der Waals surface area contributed by atoms with Crippen molar-refractivity contribution in [2.75, 3.05) is 11.9 Å². The van der Waals surface area contributed by atoms with Gasteiger partial charge >= 0.3 is 12.1 Å². The van der Waals surface area contributed by atoms with Crippen molar-refractivity contribution in [2.45, 2.75) is 52.4 Å². The van der Waals surface area contributed by atoms with Gasteiger partial charge in [-0.15, -0.1) is 0 Å². The van der Waals surface area contributed by atoms with Crippen molar-refractivity contribution in [3.63, 3.8) is 0 Å². The number of amides is 2. The number of benzene rings is 2. The predicted molar refractivity (Wildman–Crippen MR) is 117 cm³/mol. The molecule has 2 amide bonds. The third-order valence-electron chi connectivity index (χ3n) is 4.84. The molecule has 0 spiro atoms. The summed E-state index contributed by atoms with van der Waals surface area (Å²) >= 11 is 0. The molecule has 0 bridgehead atoms. The molecule has 1 atom stereocenters. The number of hydrogen-bond donors (Lipinski definition) is 1. The third-order valence-corrected chi connectivity index (χ3v) is 4.84. The van der Waals surface area contributed by atoms with Crippen LogP contribution in [0.4, 0.5) is 10.5 Å². The summed E-state index contributed by atoms with van der Waals surface area (Å²) in [6, 6.07) is 14.3. The molecule has 164 valence electrons. The number of esters is 1. The maximum absolute atomic E-state index is 12.8. The van der Waals surface area contributed by atoms with Crippen LogP contribution in [-0.2, 0) is 27.2 Å². The van der Waals surface area contributed by atoms with Crippen LogP contribution in [0.5, 0.6) is 0 Å². The van der Waals surface area contributed by atoms with Crippen LogP contribution in [-0.4, -0.2) is 41.1 Å². The fourth-order valence-corrected chi connectivity index (χ4v) is 3.33. The predicted octanol–water partition coefficient (Wildman–Crippen LogP) is 4.16. The zero-order valence-corrected chi connectivity index (χ0v) is 18.3. The summed E-state index contributed by atoms with van der Waals surface area (Å²) < 4.78 is 10.6. The second-order valence-corrected chi connectivity index (χ2v) is 8.53. The van der Waals surface area contributed by atoms with Gasteiger partial charge in [0, 0.05) is 18.8 Å². The summed E-state index contributed by atoms with van der Waals surface area (Å²) in [6.07, 6.45) is -0.684. The molecule has 0 radical (unpaired) electrons. The molecule has 31 heavy (non-hydrogen) atoms. The molecule has 0 saturated carbocycles. The fourth-order valence-electron chi connectivity index (χ4n) is 3.33. The van der Waals surface area contributed by atoms with Gasteiger partial charge in [-0.1, -0.05) is 24.3 Å². The van der Waals surface area contributed by atoms with E-state index in [1.54, 1.807) is 44.7 Å². The van der Waals surface area contributed by atoms with Gasteiger partial charge in [0.1, 0.15) is 5.60 Å². The van der Waals surface area contributed by atoms with Crippen molar-refractivity contribution in [1.82, 2.24) is 4.90 Å². The van der Waals surface area contributed by atoms with Crippen LogP contribution in [0, 0.1) is 0 Å². The molecule has 7 nitrogen and oxygen atoms in total. The van der Waals surface area contributed by atoms with Crippen LogP contribution in [0.25, 0.3) is 0 Å². The SMILES string of the molecule is C[C@H](OC(=O)c1ccc(NC(=O)OC(C)(C)C)cc1)C(=O)N1CCc2ccccc2C1. The summed E-state index contributed by atoms with van der Waals surface area (Å²) in [5.74, 6) is -0.812. The minimum absolute atomic E-state index is 0.217. The summed E-state index contributed by atoms with van der Waals surface area (Å²) in [6.45, 7) is 8.02. The molecule has 0 unspecified atom stereocenters. The number of hydrogen-bond acceptors (Lipinski definition) is 5. The third kappa shape index (κ3) is 6.07. The Kier molecular flexibility index (Phi) is 6.63. The Morgan fingerprint density at radius 1 is 1.00 bits per heavy atom. The monoisotopic (exact) mass is 424 g/mol. The zero-order chi connectivity index (χ0) is 22.6. The molecular weight excluding hydrogens is 396 g/mol. The largest absolute Gasteiger partial charge is 0.449 e. The molecule has 1 N–H and O–H groups in total. The van der Waals surface area contributed by atoms with Crippen LogP contribution < -0.4 is 5.32 Å². The lowest BCUT2D eigenvalue weighted by Crippen LogP contribution is -2.42. The molecule has 2 aromatic rings. The highest BCUT2D eigenvalue weighted by Crippen LogP contribution is 2.20. The standard InChI is InChI=1S/C24H28N2O5/c1-16(21(27)26-14-13-17-7-5-6-8-19(17)15-26)30-22(28)18-9-11-20(12-10-18)25-23(29)31-24(2,3)4/h5-12,16H,13-15H2,1-4H3,(H,25,29)/t16-/m0/s1. The molecular formula is C24H28N2O5. The van der Waals surface area contributed by atoms with E-state index >= 15 is 0 Å². The van der Waals surface area contributed by atoms with Gasteiger partial charge < -0.3 is 14.4 Å². The Balaban J connectivity index is 1.55. The highest BCUT2D eigenvalue weighted by Gasteiger charge is 2.27. The molecule has 1 heterocycles. The number of carbonyl (C=O) groups is 3. The van der Waals surface area contributed by atoms with E-state index in [1.807, 2.05) is 18.2 Å². The van der Waals surface area contributed by atoms with Gasteiger partial charge in [0.05, 0.1) is 5.56 Å². The zero-order valence-electron chi connectivity index (χ0n) is 18.3. The molecule has 0 fully saturated rings. The minimum Gasteiger partial charge on any atom is -0.449 e. The molecule has 1 aliphatic heterocycles. The molecule has 0 aliphatic carbocycles. The van der Waals surface area contributed by atoms with Gasteiger partial charge in [-0.25, -0.2) is 9.59 Å². The Morgan fingerprint density at radius 2 is 1.65 bits per heavy atom. The molecule has 2 aromatic carbocycles. The lowest BCUT2D eigenvalue weighted by atomic mass is 9.99. The van der Waals surface area contributed by atoms with Crippen molar-refractivity contribution < 1.29 is 23.9 Å². The first-order chi connectivity index (χ1) is 14.6. The van der Waals surface area contributed by atoms with Gasteiger partial charge in [-0.3, -0.25) is 10.1 Å². The van der Waals surface area contributed by atoms with Crippen LogP contribution in [0.2, 0.25) is 0 Å². The van der Waals surface area contributed by atoms with E-state index in [9.17, 15) is 14.4 Å². The van der Waals surface area contributed by atoms with Crippen LogP contribution in [0.1, 0.15) is 49.2 Å². The topological polar surface area (TPSA) is 84.9 Å². The smallest absolute Gasteiger partial charge is 0.412 e. The fraction of sp³-hybridized carbons (Fsp3) is 0.375. The number of nitrogens with one attached hydrogen (secondary N) is 1. The molecule has 1 aliphatic rings. The average Bonchev–Trinajstić information content (AvgIpc) is 2.71. The maximum Gasteiger partial charge on any atom is 0.412 e. The first-order valence-corrected chi connectivity index (χ1v) is 10.3. The Morgan fingerprint density at radius 3 is 2.29 bits per heavy atom. The molecule has 0 aromatic heterocycles. The second-order valence-electron chi connectivity index (χ2n) is 8.53. The summed E-state index contributed by atoms with van der Waals surface area (Å²) in [7, 11) is 0. The highest BCUT2D eigenvalue weighted by molar-refractivity contribution is 5.93. The molecule has 0 saturated heterocycles. The number of anilines is 1. The molecule has 3 rings (SSSR count). The van der Waals surface area contributed by atoms with E-state index in [4.69, 9.17) is 9.47 Å². The van der Waals surface area contributed by atoms with Gasteiger partial charge in [0.2, 0.25) is 0 Å². The van der Waals surface area contributed by atoms with Crippen LogP contribution >= 0.6 is 0 Å². The van der Waals surface area contributed by atoms with Crippen LogP contribution in [0.15, 0.2) is 48.5 Å². The summed E-state index contributed by atoms with van der Waals surface area (Å²) in [5, 5.41) is 2.60. The van der Waals surface area contributed by atoms with Crippen molar-refractivity contribution in [3.05, 3.63) is 65.2 Å². The average molecular weight is 424 g/mol. The first kappa shape index (κ1) is 22.3. The van der Waals surface area contributed by atoms with E-state index < -0.39 is 23.8 Å². The maximum atomic E-state index is 12.8. The van der Waals surface area contributed by atoms with Crippen molar-refractivity contribution >= 4 is 23.7 Å². The number of rotatable bonds is 4. The van der Waals surface area contributed by atoms with Crippen molar-refractivity contribution in [1.29, 1.82) is 0 Å². The van der Waals surface area contributed by atoms with Crippen molar-refractivity contribution in [3.8, 4) is 0 Å². The van der Waals surface area contributed by atoms with E-state index in [0.29, 0.717) is 24.3 Å². The Hall–Kier alpha value is -3.35. The number of nitrogens with zero attached hydrogens (tertiary/aromatic N) is 1. The van der Waals surface area contributed by atoms with Crippen LogP contribution in [0.3, 0.4) is 0 Å². The van der Waals surface area contributed by atoms with Gasteiger partial charge in [0.15, 0.2) is 6.10 Å². The lowest BCUT2D eigenvalue weighted by molar-refractivity contribution is -0.140. The molecule has 7 heteroatoms. The van der Waals surface area contributed by atoms with Crippen molar-refractivity contribution in [2.24, 2.45) is 0 Å². The first-order valence-electron chi connectivity index (χ1n) is 10.3. The van der Waals surface area contributed by atoms with E-state index in [-0.39, 0.29) is 5.91 Å². The Bertz CT molecular complexity index is 963. The highest BCUT2D eigenvalue weighted by atomic mass is 16.6.